The van der Waals surface area contributed by atoms with Crippen molar-refractivity contribution < 1.29 is 27.9 Å². The van der Waals surface area contributed by atoms with E-state index in [1.165, 1.54) is 6.20 Å². The zero-order chi connectivity index (χ0) is 17.5. The molecule has 0 unspecified atom stereocenters. The molecule has 126 valence electrons. The lowest BCUT2D eigenvalue weighted by Gasteiger charge is -2.27. The monoisotopic (exact) mass is 338 g/mol. The number of carboxylic acids is 1. The lowest BCUT2D eigenvalue weighted by Crippen LogP contribution is -2.47. The Hall–Kier alpha value is -2.64. The Morgan fingerprint density at radius 3 is 2.54 bits per heavy atom. The lowest BCUT2D eigenvalue weighted by atomic mass is 9.86. The maximum Gasteiger partial charge on any atom is 0.406 e. The molecule has 0 aliphatic carbocycles. The summed E-state index contributed by atoms with van der Waals surface area (Å²) in [6.07, 6.45) is -2.74. The van der Waals surface area contributed by atoms with Crippen LogP contribution in [0.4, 0.5) is 13.2 Å². The summed E-state index contributed by atoms with van der Waals surface area (Å²) in [6, 6.07) is 6.88. The quantitative estimate of drug-likeness (QED) is 0.914. The molecule has 2 aromatic rings. The highest BCUT2D eigenvalue weighted by molar-refractivity contribution is 6.06. The molecule has 8 heteroatoms. The minimum absolute atomic E-state index is 0.163. The number of benzene rings is 1. The first-order chi connectivity index (χ1) is 11.3. The highest BCUT2D eigenvalue weighted by Gasteiger charge is 2.64. The Bertz CT molecular complexity index is 816. The fraction of sp³-hybridized carbons (Fsp3) is 0.312. The second-order valence-electron chi connectivity index (χ2n) is 5.77. The van der Waals surface area contributed by atoms with E-state index in [4.69, 9.17) is 5.11 Å². The number of likely N-dealkylation sites (tertiary alicyclic amines) is 1. The molecular weight excluding hydrogens is 325 g/mol. The molecule has 24 heavy (non-hydrogen) atoms. The van der Waals surface area contributed by atoms with Crippen LogP contribution in [0, 0.1) is 5.41 Å². The van der Waals surface area contributed by atoms with Crippen molar-refractivity contribution in [2.75, 3.05) is 13.1 Å². The molecule has 1 aromatic carbocycles. The number of halogens is 3. The number of aliphatic carboxylic acids is 1. The lowest BCUT2D eigenvalue weighted by molar-refractivity contribution is -0.227. The average Bonchev–Trinajstić information content (AvgIpc) is 3.00. The van der Waals surface area contributed by atoms with Gasteiger partial charge in [0.1, 0.15) is 0 Å². The van der Waals surface area contributed by atoms with Gasteiger partial charge in [0.2, 0.25) is 0 Å². The maximum atomic E-state index is 13.2. The predicted octanol–water partition coefficient (Wildman–Crippen LogP) is 2.71. The fourth-order valence-corrected chi connectivity index (χ4v) is 2.97. The topological polar surface area (TPSA) is 70.5 Å². The van der Waals surface area contributed by atoms with Crippen LogP contribution in [0.25, 0.3) is 10.8 Å². The van der Waals surface area contributed by atoms with E-state index >= 15 is 0 Å². The largest absolute Gasteiger partial charge is 0.481 e. The summed E-state index contributed by atoms with van der Waals surface area (Å²) >= 11 is 0. The SMILES string of the molecule is O=C(c1cncc2ccccc12)N1CC[C@@](C(=O)O)(C(F)(F)F)C1. The summed E-state index contributed by atoms with van der Waals surface area (Å²) in [6.45, 7) is -1.16. The van der Waals surface area contributed by atoms with Gasteiger partial charge in [-0.3, -0.25) is 14.6 Å². The van der Waals surface area contributed by atoms with Gasteiger partial charge in [0.15, 0.2) is 5.41 Å². The number of carbonyl (C=O) groups excluding carboxylic acids is 1. The normalized spacial score (nSPS) is 21.2. The van der Waals surface area contributed by atoms with Gasteiger partial charge in [0.25, 0.3) is 5.91 Å². The van der Waals surface area contributed by atoms with E-state index in [1.54, 1.807) is 30.5 Å². The van der Waals surface area contributed by atoms with E-state index in [2.05, 4.69) is 4.98 Å². The van der Waals surface area contributed by atoms with Crippen LogP contribution in [0.2, 0.25) is 0 Å². The summed E-state index contributed by atoms with van der Waals surface area (Å²) in [5.74, 6) is -2.60. The number of hydrogen-bond donors (Lipinski definition) is 1. The highest BCUT2D eigenvalue weighted by Crippen LogP contribution is 2.46. The van der Waals surface area contributed by atoms with Crippen LogP contribution in [0.15, 0.2) is 36.7 Å². The number of hydrogen-bond acceptors (Lipinski definition) is 3. The number of amides is 1. The predicted molar refractivity (Wildman–Crippen MR) is 78.4 cm³/mol. The smallest absolute Gasteiger partial charge is 0.406 e. The van der Waals surface area contributed by atoms with Gasteiger partial charge < -0.3 is 10.0 Å². The zero-order valence-electron chi connectivity index (χ0n) is 12.4. The van der Waals surface area contributed by atoms with Gasteiger partial charge in [-0.1, -0.05) is 24.3 Å². The molecule has 1 aromatic heterocycles. The Balaban J connectivity index is 1.96. The molecule has 3 rings (SSSR count). The van der Waals surface area contributed by atoms with Crippen molar-refractivity contribution in [3.63, 3.8) is 0 Å². The Labute approximate surface area is 134 Å². The van der Waals surface area contributed by atoms with Gasteiger partial charge in [-0.15, -0.1) is 0 Å². The molecule has 2 heterocycles. The number of nitrogens with zero attached hydrogens (tertiary/aromatic N) is 2. The molecule has 1 fully saturated rings. The van der Waals surface area contributed by atoms with E-state index < -0.39 is 36.4 Å². The molecule has 0 radical (unpaired) electrons. The van der Waals surface area contributed by atoms with Crippen LogP contribution < -0.4 is 0 Å². The molecule has 1 aliphatic heterocycles. The number of fused-ring (bicyclic) bond motifs is 1. The summed E-state index contributed by atoms with van der Waals surface area (Å²) < 4.78 is 39.7. The number of aromatic nitrogens is 1. The van der Waals surface area contributed by atoms with Gasteiger partial charge in [-0.05, 0) is 11.8 Å². The van der Waals surface area contributed by atoms with Crippen molar-refractivity contribution >= 4 is 22.6 Å². The third kappa shape index (κ3) is 2.38. The number of carboxylic acid groups (broad SMARTS) is 1. The second-order valence-corrected chi connectivity index (χ2v) is 5.77. The van der Waals surface area contributed by atoms with Crippen molar-refractivity contribution in [3.8, 4) is 0 Å². The minimum Gasteiger partial charge on any atom is -0.481 e. The van der Waals surface area contributed by atoms with Gasteiger partial charge >= 0.3 is 12.1 Å². The molecule has 0 spiro atoms. The Kier molecular flexibility index (Phi) is 3.70. The molecule has 0 bridgehead atoms. The highest BCUT2D eigenvalue weighted by atomic mass is 19.4. The summed E-state index contributed by atoms with van der Waals surface area (Å²) in [7, 11) is 0. The van der Waals surface area contributed by atoms with E-state index in [1.807, 2.05) is 0 Å². The van der Waals surface area contributed by atoms with Crippen LogP contribution in [-0.4, -0.2) is 46.1 Å². The minimum atomic E-state index is -4.93. The van der Waals surface area contributed by atoms with E-state index in [0.29, 0.717) is 10.8 Å². The third-order valence-corrected chi connectivity index (χ3v) is 4.41. The first-order valence-electron chi connectivity index (χ1n) is 7.18. The van der Waals surface area contributed by atoms with Crippen LogP contribution in [-0.2, 0) is 4.79 Å². The number of pyridine rings is 1. The molecule has 1 atom stereocenters. The van der Waals surface area contributed by atoms with Crippen LogP contribution >= 0.6 is 0 Å². The molecule has 5 nitrogen and oxygen atoms in total. The second kappa shape index (κ2) is 5.47. The van der Waals surface area contributed by atoms with Gasteiger partial charge in [-0.2, -0.15) is 13.2 Å². The first kappa shape index (κ1) is 16.2. The van der Waals surface area contributed by atoms with Crippen molar-refractivity contribution in [2.24, 2.45) is 5.41 Å². The molecule has 1 saturated heterocycles. The number of alkyl halides is 3. The average molecular weight is 338 g/mol. The third-order valence-electron chi connectivity index (χ3n) is 4.41. The first-order valence-corrected chi connectivity index (χ1v) is 7.18. The van der Waals surface area contributed by atoms with E-state index in [0.717, 1.165) is 4.90 Å². The van der Waals surface area contributed by atoms with Crippen LogP contribution in [0.5, 0.6) is 0 Å². The molecule has 1 amide bonds. The van der Waals surface area contributed by atoms with Crippen molar-refractivity contribution in [1.82, 2.24) is 9.88 Å². The van der Waals surface area contributed by atoms with E-state index in [-0.39, 0.29) is 12.1 Å². The summed E-state index contributed by atoms with van der Waals surface area (Å²) in [5, 5.41) is 10.3. The molecule has 0 saturated carbocycles. The van der Waals surface area contributed by atoms with Gasteiger partial charge in [0.05, 0.1) is 5.56 Å². The molecule has 1 aliphatic rings. The number of rotatable bonds is 2. The maximum absolute atomic E-state index is 13.2. The summed E-state index contributed by atoms with van der Waals surface area (Å²) in [5.41, 5.74) is -2.75. The van der Waals surface area contributed by atoms with E-state index in [9.17, 15) is 22.8 Å². The van der Waals surface area contributed by atoms with Crippen molar-refractivity contribution in [1.29, 1.82) is 0 Å². The summed E-state index contributed by atoms with van der Waals surface area (Å²) in [4.78, 5) is 28.7. The Morgan fingerprint density at radius 2 is 1.92 bits per heavy atom. The van der Waals surface area contributed by atoms with Gasteiger partial charge in [0, 0.05) is 30.9 Å². The van der Waals surface area contributed by atoms with Crippen molar-refractivity contribution in [3.05, 3.63) is 42.2 Å². The van der Waals surface area contributed by atoms with Gasteiger partial charge in [-0.25, -0.2) is 0 Å². The van der Waals surface area contributed by atoms with Crippen molar-refractivity contribution in [2.45, 2.75) is 12.6 Å². The van der Waals surface area contributed by atoms with Crippen LogP contribution in [0.3, 0.4) is 0 Å². The standard InChI is InChI=1S/C16H13F3N2O3/c17-16(18,19)15(14(23)24)5-6-21(9-15)13(22)12-8-20-7-10-3-1-2-4-11(10)12/h1-4,7-8H,5-6,9H2,(H,23,24)/t15-/m1/s1. The zero-order valence-corrected chi connectivity index (χ0v) is 12.4. The molecular formula is C16H13F3N2O3. The fourth-order valence-electron chi connectivity index (χ4n) is 2.97. The number of carbonyl (C=O) groups is 2. The van der Waals surface area contributed by atoms with Crippen LogP contribution in [0.1, 0.15) is 16.8 Å². The molecule has 1 N–H and O–H groups in total. The Morgan fingerprint density at radius 1 is 1.21 bits per heavy atom.